The molecule has 0 saturated heterocycles. The van der Waals surface area contributed by atoms with Crippen LogP contribution in [0.25, 0.3) is 0 Å². The Labute approximate surface area is 153 Å². The zero-order valence-electron chi connectivity index (χ0n) is 14.5. The molecule has 0 unspecified atom stereocenters. The van der Waals surface area contributed by atoms with Gasteiger partial charge in [-0.1, -0.05) is 54.1 Å². The minimum Gasteiger partial charge on any atom is -0.355 e. The Kier molecular flexibility index (Phi) is 7.02. The Bertz CT molecular complexity index is 701. The highest BCUT2D eigenvalue weighted by molar-refractivity contribution is 6.30. The van der Waals surface area contributed by atoms with Crippen molar-refractivity contribution in [2.24, 2.45) is 0 Å². The van der Waals surface area contributed by atoms with E-state index in [-0.39, 0.29) is 18.2 Å². The number of benzene rings is 2. The predicted octanol–water partition coefficient (Wildman–Crippen LogP) is 3.44. The fraction of sp³-hybridized carbons (Fsp3) is 0.300. The van der Waals surface area contributed by atoms with Gasteiger partial charge in [-0.3, -0.25) is 9.59 Å². The highest BCUT2D eigenvalue weighted by atomic mass is 35.5. The maximum absolute atomic E-state index is 12.9. The van der Waals surface area contributed by atoms with Crippen LogP contribution in [0, 0.1) is 0 Å². The van der Waals surface area contributed by atoms with Crippen LogP contribution in [0.15, 0.2) is 54.6 Å². The third-order valence-electron chi connectivity index (χ3n) is 3.98. The van der Waals surface area contributed by atoms with Crippen LogP contribution in [0.3, 0.4) is 0 Å². The van der Waals surface area contributed by atoms with E-state index in [9.17, 15) is 9.59 Å². The topological polar surface area (TPSA) is 49.4 Å². The molecule has 2 amide bonds. The Morgan fingerprint density at radius 3 is 2.28 bits per heavy atom. The van der Waals surface area contributed by atoms with Gasteiger partial charge in [0.15, 0.2) is 0 Å². The molecular formula is C20H23ClN2O2. The van der Waals surface area contributed by atoms with Crippen LogP contribution >= 0.6 is 11.6 Å². The molecule has 0 spiro atoms. The summed E-state index contributed by atoms with van der Waals surface area (Å²) < 4.78 is 0. The Hall–Kier alpha value is -2.33. The summed E-state index contributed by atoms with van der Waals surface area (Å²) in [5.41, 5.74) is 1.86. The summed E-state index contributed by atoms with van der Waals surface area (Å²) in [5, 5.41) is 3.43. The summed E-state index contributed by atoms with van der Waals surface area (Å²) in [6.07, 6.45) is 0.262. The lowest BCUT2D eigenvalue weighted by Crippen LogP contribution is -2.48. The molecule has 0 heterocycles. The predicted molar refractivity (Wildman–Crippen MR) is 100 cm³/mol. The van der Waals surface area contributed by atoms with Crippen LogP contribution in [0.2, 0.25) is 5.02 Å². The number of likely N-dealkylation sites (N-methyl/N-ethyl adjacent to an activating group) is 1. The van der Waals surface area contributed by atoms with E-state index < -0.39 is 6.04 Å². The molecule has 0 saturated carbocycles. The van der Waals surface area contributed by atoms with Crippen molar-refractivity contribution in [1.29, 1.82) is 0 Å². The third-order valence-corrected chi connectivity index (χ3v) is 4.23. The van der Waals surface area contributed by atoms with Gasteiger partial charge < -0.3 is 10.2 Å². The number of halogens is 1. The van der Waals surface area contributed by atoms with Crippen LogP contribution in [0.5, 0.6) is 0 Å². The molecule has 1 atom stereocenters. The van der Waals surface area contributed by atoms with Gasteiger partial charge in [0, 0.05) is 18.1 Å². The maximum Gasteiger partial charge on any atom is 0.242 e. The maximum atomic E-state index is 12.9. The zero-order valence-corrected chi connectivity index (χ0v) is 15.3. The highest BCUT2D eigenvalue weighted by Crippen LogP contribution is 2.15. The first kappa shape index (κ1) is 19.0. The van der Waals surface area contributed by atoms with E-state index in [4.69, 9.17) is 11.6 Å². The van der Waals surface area contributed by atoms with Crippen molar-refractivity contribution in [2.75, 3.05) is 6.54 Å². The van der Waals surface area contributed by atoms with Gasteiger partial charge in [-0.15, -0.1) is 0 Å². The van der Waals surface area contributed by atoms with E-state index in [0.29, 0.717) is 18.1 Å². The highest BCUT2D eigenvalue weighted by Gasteiger charge is 2.25. The fourth-order valence-electron chi connectivity index (χ4n) is 2.56. The molecule has 0 aromatic heterocycles. The van der Waals surface area contributed by atoms with Gasteiger partial charge in [0.25, 0.3) is 0 Å². The monoisotopic (exact) mass is 358 g/mol. The van der Waals surface area contributed by atoms with Gasteiger partial charge in [-0.2, -0.15) is 0 Å². The Morgan fingerprint density at radius 2 is 1.68 bits per heavy atom. The number of nitrogens with one attached hydrogen (secondary N) is 1. The molecular weight excluding hydrogens is 336 g/mol. The van der Waals surface area contributed by atoms with Crippen molar-refractivity contribution in [3.05, 3.63) is 70.7 Å². The molecule has 25 heavy (non-hydrogen) atoms. The van der Waals surface area contributed by atoms with Crippen LogP contribution in [-0.4, -0.2) is 29.3 Å². The average Bonchev–Trinajstić information content (AvgIpc) is 2.61. The van der Waals surface area contributed by atoms with Crippen molar-refractivity contribution >= 4 is 23.4 Å². The lowest BCUT2D eigenvalue weighted by Gasteiger charge is -2.29. The van der Waals surface area contributed by atoms with Crippen LogP contribution in [0.4, 0.5) is 0 Å². The smallest absolute Gasteiger partial charge is 0.242 e. The molecule has 4 nitrogen and oxygen atoms in total. The van der Waals surface area contributed by atoms with E-state index >= 15 is 0 Å². The third kappa shape index (κ3) is 5.61. The molecule has 0 aliphatic rings. The lowest BCUT2D eigenvalue weighted by molar-refractivity contribution is -0.140. The van der Waals surface area contributed by atoms with Crippen molar-refractivity contribution in [2.45, 2.75) is 32.9 Å². The summed E-state index contributed by atoms with van der Waals surface area (Å²) in [4.78, 5) is 26.7. The van der Waals surface area contributed by atoms with E-state index in [2.05, 4.69) is 5.32 Å². The molecule has 5 heteroatoms. The molecule has 0 aliphatic carbocycles. The number of hydrogen-bond acceptors (Lipinski definition) is 2. The van der Waals surface area contributed by atoms with Crippen molar-refractivity contribution in [3.63, 3.8) is 0 Å². The molecule has 0 fully saturated rings. The second-order valence-electron chi connectivity index (χ2n) is 5.88. The molecule has 1 N–H and O–H groups in total. The largest absolute Gasteiger partial charge is 0.355 e. The molecule has 2 aromatic rings. The first-order chi connectivity index (χ1) is 12.0. The van der Waals surface area contributed by atoms with Crippen LogP contribution in [0.1, 0.15) is 25.0 Å². The Morgan fingerprint density at radius 1 is 1.04 bits per heavy atom. The number of hydrogen-bond donors (Lipinski definition) is 1. The first-order valence-corrected chi connectivity index (χ1v) is 8.74. The molecule has 2 rings (SSSR count). The zero-order chi connectivity index (χ0) is 18.2. The molecule has 2 aromatic carbocycles. The first-order valence-electron chi connectivity index (χ1n) is 8.36. The molecule has 132 valence electrons. The lowest BCUT2D eigenvalue weighted by atomic mass is 10.1. The normalized spacial score (nSPS) is 11.6. The standard InChI is InChI=1S/C20H23ClN2O2/c1-3-22-20(25)15(2)23(14-17-9-11-18(21)12-10-17)19(24)13-16-7-5-4-6-8-16/h4-12,15H,3,13-14H2,1-2H3,(H,22,25)/t15-/m0/s1. The molecule has 0 radical (unpaired) electrons. The van der Waals surface area contributed by atoms with Gasteiger partial charge in [0.05, 0.1) is 6.42 Å². The average molecular weight is 359 g/mol. The second-order valence-corrected chi connectivity index (χ2v) is 6.32. The van der Waals surface area contributed by atoms with E-state index in [0.717, 1.165) is 11.1 Å². The molecule has 0 aliphatic heterocycles. The van der Waals surface area contributed by atoms with Gasteiger partial charge in [0.2, 0.25) is 11.8 Å². The van der Waals surface area contributed by atoms with Gasteiger partial charge >= 0.3 is 0 Å². The number of carbonyl (C=O) groups excluding carboxylic acids is 2. The van der Waals surface area contributed by atoms with Gasteiger partial charge in [-0.05, 0) is 37.1 Å². The molecule has 0 bridgehead atoms. The van der Waals surface area contributed by atoms with E-state index in [1.165, 1.54) is 0 Å². The number of amides is 2. The number of rotatable bonds is 7. The minimum absolute atomic E-state index is 0.0834. The summed E-state index contributed by atoms with van der Waals surface area (Å²) in [7, 11) is 0. The van der Waals surface area contributed by atoms with Crippen LogP contribution in [-0.2, 0) is 22.6 Å². The van der Waals surface area contributed by atoms with Crippen molar-refractivity contribution in [1.82, 2.24) is 10.2 Å². The van der Waals surface area contributed by atoms with E-state index in [1.807, 2.05) is 49.4 Å². The van der Waals surface area contributed by atoms with Gasteiger partial charge in [-0.25, -0.2) is 0 Å². The SMILES string of the molecule is CCNC(=O)[C@H](C)N(Cc1ccc(Cl)cc1)C(=O)Cc1ccccc1. The second kappa shape index (κ2) is 9.23. The minimum atomic E-state index is -0.549. The summed E-state index contributed by atoms with van der Waals surface area (Å²) in [6, 6.07) is 16.3. The van der Waals surface area contributed by atoms with E-state index in [1.54, 1.807) is 24.0 Å². The van der Waals surface area contributed by atoms with Crippen molar-refractivity contribution < 1.29 is 9.59 Å². The summed E-state index contributed by atoms with van der Waals surface area (Å²) >= 11 is 5.93. The number of nitrogens with zero attached hydrogens (tertiary/aromatic N) is 1. The van der Waals surface area contributed by atoms with Crippen LogP contribution < -0.4 is 5.32 Å². The fourth-order valence-corrected chi connectivity index (χ4v) is 2.69. The quantitative estimate of drug-likeness (QED) is 0.824. The summed E-state index contributed by atoms with van der Waals surface area (Å²) in [5.74, 6) is -0.238. The summed E-state index contributed by atoms with van der Waals surface area (Å²) in [6.45, 7) is 4.51. The number of carbonyl (C=O) groups is 2. The van der Waals surface area contributed by atoms with Crippen molar-refractivity contribution in [3.8, 4) is 0 Å². The van der Waals surface area contributed by atoms with Gasteiger partial charge in [0.1, 0.15) is 6.04 Å². The Balaban J connectivity index is 2.19.